The number of nitrogens with one attached hydrogen (secondary N) is 2. The Balaban J connectivity index is 1.55. The Morgan fingerprint density at radius 3 is 2.53 bits per heavy atom. The van der Waals surface area contributed by atoms with Gasteiger partial charge in [-0.3, -0.25) is 20.4 Å². The lowest BCUT2D eigenvalue weighted by Crippen LogP contribution is -2.45. The monoisotopic (exact) mass is 403 g/mol. The number of methoxy groups -OCH3 is 1. The van der Waals surface area contributed by atoms with Crippen molar-refractivity contribution in [3.05, 3.63) is 71.8 Å². The van der Waals surface area contributed by atoms with Crippen LogP contribution < -0.4 is 20.3 Å². The minimum atomic E-state index is -0.533. The van der Waals surface area contributed by atoms with Crippen LogP contribution in [-0.4, -0.2) is 25.5 Å². The van der Waals surface area contributed by atoms with Gasteiger partial charge in [0.2, 0.25) is 5.91 Å². The van der Waals surface area contributed by atoms with E-state index in [1.807, 2.05) is 42.5 Å². The molecule has 7 nitrogen and oxygen atoms in total. The Morgan fingerprint density at radius 2 is 1.77 bits per heavy atom. The third-order valence-electron chi connectivity index (χ3n) is 4.66. The van der Waals surface area contributed by atoms with Gasteiger partial charge in [0.1, 0.15) is 17.6 Å². The van der Waals surface area contributed by atoms with E-state index in [1.165, 1.54) is 0 Å². The number of hydrogen-bond donors (Lipinski definition) is 2. The summed E-state index contributed by atoms with van der Waals surface area (Å²) >= 11 is 0. The predicted molar refractivity (Wildman–Crippen MR) is 112 cm³/mol. The highest BCUT2D eigenvalue weighted by atomic mass is 16.5. The van der Waals surface area contributed by atoms with Crippen molar-refractivity contribution < 1.29 is 19.1 Å². The summed E-state index contributed by atoms with van der Waals surface area (Å²) in [5.74, 6) is -0.287. The van der Waals surface area contributed by atoms with Crippen molar-refractivity contribution in [2.24, 2.45) is 0 Å². The molecule has 0 aliphatic carbocycles. The summed E-state index contributed by atoms with van der Waals surface area (Å²) in [5, 5.41) is 11.0. The third kappa shape index (κ3) is 4.86. The second kappa shape index (κ2) is 9.43. The van der Waals surface area contributed by atoms with Crippen LogP contribution in [-0.2, 0) is 9.59 Å². The van der Waals surface area contributed by atoms with Gasteiger partial charge < -0.3 is 9.47 Å². The molecule has 0 bridgehead atoms. The number of ether oxygens (including phenoxy) is 2. The lowest BCUT2D eigenvalue weighted by atomic mass is 9.97. The zero-order chi connectivity index (χ0) is 21.5. The van der Waals surface area contributed by atoms with Gasteiger partial charge >= 0.3 is 0 Å². The molecule has 30 heavy (non-hydrogen) atoms. The summed E-state index contributed by atoms with van der Waals surface area (Å²) in [4.78, 5) is 24.4. The van der Waals surface area contributed by atoms with E-state index in [4.69, 9.17) is 14.7 Å². The zero-order valence-corrected chi connectivity index (χ0v) is 16.6. The van der Waals surface area contributed by atoms with Crippen LogP contribution in [0.2, 0.25) is 0 Å². The van der Waals surface area contributed by atoms with Gasteiger partial charge in [0.25, 0.3) is 5.91 Å². The summed E-state index contributed by atoms with van der Waals surface area (Å²) in [6.45, 7) is 1.43. The Hall–Kier alpha value is -4.05. The molecule has 1 atom stereocenters. The standard InChI is InChI=1S/C23H21N3O4/c1-15(16-7-8-18-12-20(29-2)10-9-17(18)11-16)23(28)26-25-22(27)14-30-21-6-4-3-5-19(21)13-24/h3-12,15H,14H2,1-2H3,(H,25,27)(H,26,28)/t15-/m0/s1. The first kappa shape index (κ1) is 20.7. The van der Waals surface area contributed by atoms with Gasteiger partial charge in [0.05, 0.1) is 18.6 Å². The normalized spacial score (nSPS) is 11.2. The van der Waals surface area contributed by atoms with E-state index in [-0.39, 0.29) is 12.5 Å². The average Bonchev–Trinajstić information content (AvgIpc) is 2.80. The molecular weight excluding hydrogens is 382 g/mol. The number of amides is 2. The van der Waals surface area contributed by atoms with Gasteiger partial charge in [-0.1, -0.05) is 36.4 Å². The lowest BCUT2D eigenvalue weighted by Gasteiger charge is -2.14. The van der Waals surface area contributed by atoms with Gasteiger partial charge in [0.15, 0.2) is 6.61 Å². The Labute approximate surface area is 174 Å². The largest absolute Gasteiger partial charge is 0.497 e. The number of para-hydroxylation sites is 1. The number of benzene rings is 3. The van der Waals surface area contributed by atoms with Crippen LogP contribution >= 0.6 is 0 Å². The Bertz CT molecular complexity index is 1120. The van der Waals surface area contributed by atoms with E-state index in [1.54, 1.807) is 38.3 Å². The molecule has 2 N–H and O–H groups in total. The van der Waals surface area contributed by atoms with Crippen LogP contribution in [0.25, 0.3) is 10.8 Å². The first-order chi connectivity index (χ1) is 14.5. The van der Waals surface area contributed by atoms with E-state index >= 15 is 0 Å². The molecule has 2 amide bonds. The molecule has 3 aromatic carbocycles. The number of nitrogens with zero attached hydrogens (tertiary/aromatic N) is 1. The molecule has 0 spiro atoms. The summed E-state index contributed by atoms with van der Waals surface area (Å²) < 4.78 is 10.6. The van der Waals surface area contributed by atoms with Gasteiger partial charge in [0, 0.05) is 0 Å². The second-order valence-electron chi connectivity index (χ2n) is 6.63. The van der Waals surface area contributed by atoms with Crippen molar-refractivity contribution in [3.63, 3.8) is 0 Å². The van der Waals surface area contributed by atoms with Crippen molar-refractivity contribution in [1.29, 1.82) is 5.26 Å². The molecule has 0 saturated carbocycles. The molecule has 152 valence electrons. The van der Waals surface area contributed by atoms with Crippen LogP contribution in [0.3, 0.4) is 0 Å². The van der Waals surface area contributed by atoms with Crippen molar-refractivity contribution in [1.82, 2.24) is 10.9 Å². The average molecular weight is 403 g/mol. The van der Waals surface area contributed by atoms with E-state index in [9.17, 15) is 9.59 Å². The highest BCUT2D eigenvalue weighted by Gasteiger charge is 2.16. The summed E-state index contributed by atoms with van der Waals surface area (Å²) in [7, 11) is 1.61. The summed E-state index contributed by atoms with van der Waals surface area (Å²) in [6.07, 6.45) is 0. The first-order valence-electron chi connectivity index (χ1n) is 9.30. The van der Waals surface area contributed by atoms with E-state index in [2.05, 4.69) is 10.9 Å². The molecule has 0 radical (unpaired) electrons. The number of rotatable bonds is 6. The summed E-state index contributed by atoms with van der Waals surface area (Å²) in [6, 6.07) is 20.0. The van der Waals surface area contributed by atoms with Crippen LogP contribution in [0.4, 0.5) is 0 Å². The number of fused-ring (bicyclic) bond motifs is 1. The molecule has 0 aliphatic heterocycles. The van der Waals surface area contributed by atoms with Crippen LogP contribution in [0.5, 0.6) is 11.5 Å². The quantitative estimate of drug-likeness (QED) is 0.616. The second-order valence-corrected chi connectivity index (χ2v) is 6.63. The van der Waals surface area contributed by atoms with Crippen LogP contribution in [0.15, 0.2) is 60.7 Å². The molecule has 3 rings (SSSR count). The first-order valence-corrected chi connectivity index (χ1v) is 9.30. The molecule has 0 unspecified atom stereocenters. The molecule has 0 fully saturated rings. The molecule has 0 saturated heterocycles. The molecular formula is C23H21N3O4. The van der Waals surface area contributed by atoms with Crippen molar-refractivity contribution in [2.45, 2.75) is 12.8 Å². The topological polar surface area (TPSA) is 100 Å². The maximum atomic E-state index is 12.4. The van der Waals surface area contributed by atoms with Crippen molar-refractivity contribution in [3.8, 4) is 17.6 Å². The zero-order valence-electron chi connectivity index (χ0n) is 16.6. The Morgan fingerprint density at radius 1 is 1.03 bits per heavy atom. The smallest absolute Gasteiger partial charge is 0.276 e. The van der Waals surface area contributed by atoms with Crippen molar-refractivity contribution in [2.75, 3.05) is 13.7 Å². The number of carbonyl (C=O) groups is 2. The van der Waals surface area contributed by atoms with Gasteiger partial charge in [-0.25, -0.2) is 0 Å². The molecule has 0 aromatic heterocycles. The van der Waals surface area contributed by atoms with Gasteiger partial charge in [-0.15, -0.1) is 0 Å². The highest BCUT2D eigenvalue weighted by molar-refractivity contribution is 5.89. The van der Waals surface area contributed by atoms with E-state index in [0.29, 0.717) is 11.3 Å². The van der Waals surface area contributed by atoms with Gasteiger partial charge in [-0.05, 0) is 47.5 Å². The maximum absolute atomic E-state index is 12.4. The maximum Gasteiger partial charge on any atom is 0.276 e. The van der Waals surface area contributed by atoms with Crippen LogP contribution in [0.1, 0.15) is 24.0 Å². The summed E-state index contributed by atoms with van der Waals surface area (Å²) in [5.41, 5.74) is 5.89. The fraction of sp³-hybridized carbons (Fsp3) is 0.174. The number of hydrazine groups is 1. The van der Waals surface area contributed by atoms with Gasteiger partial charge in [-0.2, -0.15) is 5.26 Å². The molecule has 3 aromatic rings. The van der Waals surface area contributed by atoms with E-state index < -0.39 is 11.8 Å². The number of nitriles is 1. The number of hydrogen-bond acceptors (Lipinski definition) is 5. The predicted octanol–water partition coefficient (Wildman–Crippen LogP) is 3.05. The third-order valence-corrected chi connectivity index (χ3v) is 4.66. The van der Waals surface area contributed by atoms with Crippen molar-refractivity contribution >= 4 is 22.6 Å². The Kier molecular flexibility index (Phi) is 6.50. The lowest BCUT2D eigenvalue weighted by molar-refractivity contribution is -0.130. The van der Waals surface area contributed by atoms with E-state index in [0.717, 1.165) is 22.1 Å². The number of carbonyl (C=O) groups excluding carboxylic acids is 2. The fourth-order valence-corrected chi connectivity index (χ4v) is 2.89. The molecule has 0 heterocycles. The molecule has 0 aliphatic rings. The molecule has 7 heteroatoms. The minimum Gasteiger partial charge on any atom is -0.497 e. The fourth-order valence-electron chi connectivity index (χ4n) is 2.89. The highest BCUT2D eigenvalue weighted by Crippen LogP contribution is 2.25. The van der Waals surface area contributed by atoms with Crippen LogP contribution in [0, 0.1) is 11.3 Å². The SMILES string of the molecule is COc1ccc2cc([C@H](C)C(=O)NNC(=O)COc3ccccc3C#N)ccc2c1. The minimum absolute atomic E-state index is 0.308.